The highest BCUT2D eigenvalue weighted by Crippen LogP contribution is 2.31. The Bertz CT molecular complexity index is 700. The van der Waals surface area contributed by atoms with Gasteiger partial charge in [0.05, 0.1) is 18.4 Å². The fourth-order valence-electron chi connectivity index (χ4n) is 1.79. The van der Waals surface area contributed by atoms with Crippen LogP contribution in [0, 0.1) is 0 Å². The van der Waals surface area contributed by atoms with Crippen LogP contribution in [0.25, 0.3) is 0 Å². The third kappa shape index (κ3) is 4.23. The van der Waals surface area contributed by atoms with Crippen molar-refractivity contribution in [1.82, 2.24) is 10.3 Å². The molecule has 0 aliphatic heterocycles. The first-order valence-electron chi connectivity index (χ1n) is 6.39. The number of furan rings is 1. The summed E-state index contributed by atoms with van der Waals surface area (Å²) < 4.78 is 43.1. The Morgan fingerprint density at radius 1 is 1.43 bits per heavy atom. The first-order valence-corrected chi connectivity index (χ1v) is 6.77. The van der Waals surface area contributed by atoms with Crippen LogP contribution < -0.4 is 5.32 Å². The van der Waals surface area contributed by atoms with Crippen molar-refractivity contribution in [2.75, 3.05) is 6.54 Å². The van der Waals surface area contributed by atoms with Crippen molar-refractivity contribution in [3.63, 3.8) is 0 Å². The maximum Gasteiger partial charge on any atom is 0.416 e. The van der Waals surface area contributed by atoms with Gasteiger partial charge in [0.15, 0.2) is 0 Å². The molecular formula is C14H12ClF3N2O3. The minimum Gasteiger partial charge on any atom is -0.466 e. The zero-order chi connectivity index (χ0) is 17.3. The zero-order valence-corrected chi connectivity index (χ0v) is 12.6. The van der Waals surface area contributed by atoms with Crippen LogP contribution in [-0.2, 0) is 11.8 Å². The van der Waals surface area contributed by atoms with Crippen molar-refractivity contribution < 1.29 is 27.5 Å². The summed E-state index contributed by atoms with van der Waals surface area (Å²) in [5, 5.41) is 12.0. The maximum atomic E-state index is 12.7. The Morgan fingerprint density at radius 2 is 2.13 bits per heavy atom. The number of nitrogens with zero attached hydrogens (tertiary/aromatic N) is 1. The highest BCUT2D eigenvalue weighted by molar-refractivity contribution is 6.29. The molecule has 0 radical (unpaired) electrons. The van der Waals surface area contributed by atoms with Gasteiger partial charge in [0.1, 0.15) is 22.2 Å². The number of hydrogen-bond acceptors (Lipinski definition) is 4. The van der Waals surface area contributed by atoms with E-state index in [1.54, 1.807) is 6.07 Å². The Hall–Kier alpha value is -2.06. The number of nitrogens with one attached hydrogen (secondary N) is 1. The topological polar surface area (TPSA) is 75.4 Å². The molecule has 1 unspecified atom stereocenters. The Morgan fingerprint density at radius 3 is 2.70 bits per heavy atom. The summed E-state index contributed by atoms with van der Waals surface area (Å²) in [6, 6.07) is 4.27. The van der Waals surface area contributed by atoms with Gasteiger partial charge in [0.2, 0.25) is 0 Å². The van der Waals surface area contributed by atoms with Crippen LogP contribution in [-0.4, -0.2) is 22.5 Å². The van der Waals surface area contributed by atoms with E-state index in [0.717, 1.165) is 0 Å². The summed E-state index contributed by atoms with van der Waals surface area (Å²) in [7, 11) is 0. The van der Waals surface area contributed by atoms with Crippen LogP contribution in [0.5, 0.6) is 0 Å². The van der Waals surface area contributed by atoms with Crippen LogP contribution in [0.1, 0.15) is 28.7 Å². The fourth-order valence-corrected chi connectivity index (χ4v) is 2.00. The summed E-state index contributed by atoms with van der Waals surface area (Å²) in [6.45, 7) is 1.10. The summed E-state index contributed by atoms with van der Waals surface area (Å²) in [5.41, 5.74) is -3.11. The lowest BCUT2D eigenvalue weighted by molar-refractivity contribution is -0.137. The van der Waals surface area contributed by atoms with Gasteiger partial charge in [-0.3, -0.25) is 4.79 Å². The Balaban J connectivity index is 2.14. The van der Waals surface area contributed by atoms with E-state index in [4.69, 9.17) is 16.0 Å². The molecule has 2 heterocycles. The average molecular weight is 349 g/mol. The van der Waals surface area contributed by atoms with E-state index in [-0.39, 0.29) is 12.3 Å². The molecule has 124 valence electrons. The lowest BCUT2D eigenvalue weighted by Crippen LogP contribution is -2.38. The predicted octanol–water partition coefficient (Wildman–Crippen LogP) is 2.98. The molecule has 0 saturated carbocycles. The van der Waals surface area contributed by atoms with Crippen LogP contribution in [0.4, 0.5) is 13.2 Å². The second kappa shape index (κ2) is 6.21. The van der Waals surface area contributed by atoms with Gasteiger partial charge in [-0.2, -0.15) is 13.2 Å². The molecule has 0 bridgehead atoms. The molecule has 1 amide bonds. The van der Waals surface area contributed by atoms with Crippen molar-refractivity contribution in [3.8, 4) is 0 Å². The second-order valence-electron chi connectivity index (χ2n) is 5.00. The number of halogens is 4. The number of pyridine rings is 1. The maximum absolute atomic E-state index is 12.7. The fraction of sp³-hybridized carbons (Fsp3) is 0.286. The lowest BCUT2D eigenvalue weighted by atomic mass is 10.0. The Labute approximate surface area is 134 Å². The Kier molecular flexibility index (Phi) is 4.67. The number of carbonyl (C=O) groups excluding carboxylic acids is 1. The third-order valence-electron chi connectivity index (χ3n) is 3.00. The summed E-state index contributed by atoms with van der Waals surface area (Å²) >= 11 is 5.52. The first kappa shape index (κ1) is 17.3. The standard InChI is InChI=1S/C14H12ClF3N2O3/c1-13(22,10-3-2-4-23-10)7-19-12(21)9-5-8(14(16,17)18)6-11(15)20-9/h2-6,22H,7H2,1H3,(H,19,21). The van der Waals surface area contributed by atoms with Gasteiger partial charge >= 0.3 is 6.18 Å². The van der Waals surface area contributed by atoms with Crippen LogP contribution >= 0.6 is 11.6 Å². The van der Waals surface area contributed by atoms with E-state index in [2.05, 4.69) is 10.3 Å². The minimum atomic E-state index is -4.65. The molecule has 23 heavy (non-hydrogen) atoms. The molecule has 0 aliphatic carbocycles. The second-order valence-corrected chi connectivity index (χ2v) is 5.38. The summed E-state index contributed by atoms with van der Waals surface area (Å²) in [5.74, 6) is -0.697. The summed E-state index contributed by atoms with van der Waals surface area (Å²) in [6.07, 6.45) is -3.30. The van der Waals surface area contributed by atoms with Gasteiger partial charge in [0, 0.05) is 0 Å². The molecule has 1 atom stereocenters. The number of hydrogen-bond donors (Lipinski definition) is 2. The van der Waals surface area contributed by atoms with E-state index in [0.29, 0.717) is 12.1 Å². The molecule has 0 aromatic carbocycles. The van der Waals surface area contributed by atoms with Gasteiger partial charge in [-0.15, -0.1) is 0 Å². The SMILES string of the molecule is CC(O)(CNC(=O)c1cc(C(F)(F)F)cc(Cl)n1)c1ccco1. The van der Waals surface area contributed by atoms with E-state index < -0.39 is 34.1 Å². The number of aliphatic hydroxyl groups is 1. The lowest BCUT2D eigenvalue weighted by Gasteiger charge is -2.21. The molecule has 0 spiro atoms. The summed E-state index contributed by atoms with van der Waals surface area (Å²) in [4.78, 5) is 15.5. The number of amides is 1. The van der Waals surface area contributed by atoms with Crippen molar-refractivity contribution in [3.05, 3.63) is 52.7 Å². The van der Waals surface area contributed by atoms with E-state index >= 15 is 0 Å². The largest absolute Gasteiger partial charge is 0.466 e. The molecule has 9 heteroatoms. The van der Waals surface area contributed by atoms with Crippen LogP contribution in [0.3, 0.4) is 0 Å². The molecule has 0 fully saturated rings. The zero-order valence-electron chi connectivity index (χ0n) is 11.8. The molecule has 2 aromatic heterocycles. The molecule has 2 rings (SSSR count). The van der Waals surface area contributed by atoms with Gasteiger partial charge in [0.25, 0.3) is 5.91 Å². The molecular weight excluding hydrogens is 337 g/mol. The molecule has 5 nitrogen and oxygen atoms in total. The highest BCUT2D eigenvalue weighted by atomic mass is 35.5. The van der Waals surface area contributed by atoms with E-state index in [1.165, 1.54) is 19.3 Å². The normalized spacial score (nSPS) is 14.3. The van der Waals surface area contributed by atoms with Crippen molar-refractivity contribution in [1.29, 1.82) is 0 Å². The molecule has 2 aromatic rings. The monoisotopic (exact) mass is 348 g/mol. The van der Waals surface area contributed by atoms with Gasteiger partial charge in [-0.05, 0) is 31.2 Å². The van der Waals surface area contributed by atoms with Crippen LogP contribution in [0.2, 0.25) is 5.15 Å². The third-order valence-corrected chi connectivity index (χ3v) is 3.19. The first-order chi connectivity index (χ1) is 10.6. The van der Waals surface area contributed by atoms with Crippen molar-refractivity contribution in [2.24, 2.45) is 0 Å². The number of rotatable bonds is 4. The number of carbonyl (C=O) groups is 1. The van der Waals surface area contributed by atoms with E-state index in [9.17, 15) is 23.1 Å². The molecule has 0 aliphatic rings. The number of aromatic nitrogens is 1. The quantitative estimate of drug-likeness (QED) is 0.833. The highest BCUT2D eigenvalue weighted by Gasteiger charge is 2.33. The smallest absolute Gasteiger partial charge is 0.416 e. The van der Waals surface area contributed by atoms with Crippen molar-refractivity contribution >= 4 is 17.5 Å². The minimum absolute atomic E-state index is 0.202. The predicted molar refractivity (Wildman–Crippen MR) is 74.9 cm³/mol. The molecule has 0 saturated heterocycles. The van der Waals surface area contributed by atoms with Gasteiger partial charge < -0.3 is 14.8 Å². The van der Waals surface area contributed by atoms with Gasteiger partial charge in [-0.25, -0.2) is 4.98 Å². The van der Waals surface area contributed by atoms with E-state index in [1.807, 2.05) is 0 Å². The number of alkyl halides is 3. The molecule has 2 N–H and O–H groups in total. The van der Waals surface area contributed by atoms with Crippen molar-refractivity contribution in [2.45, 2.75) is 18.7 Å². The average Bonchev–Trinajstić information content (AvgIpc) is 2.98. The van der Waals surface area contributed by atoms with Gasteiger partial charge in [-0.1, -0.05) is 11.6 Å². The van der Waals surface area contributed by atoms with Crippen LogP contribution in [0.15, 0.2) is 34.9 Å².